The summed E-state index contributed by atoms with van der Waals surface area (Å²) in [6, 6.07) is 4.19. The third kappa shape index (κ3) is 3.89. The first-order chi connectivity index (χ1) is 8.58. The van der Waals surface area contributed by atoms with Crippen molar-refractivity contribution in [3.05, 3.63) is 28.3 Å². The molecular formula is C11H13ClN2O4. The van der Waals surface area contributed by atoms with Gasteiger partial charge in [0.1, 0.15) is 17.3 Å². The van der Waals surface area contributed by atoms with Crippen LogP contribution >= 0.6 is 11.6 Å². The Hall–Kier alpha value is -1.82. The summed E-state index contributed by atoms with van der Waals surface area (Å²) in [4.78, 5) is 21.4. The minimum absolute atomic E-state index is 0.0826. The lowest BCUT2D eigenvalue weighted by Crippen LogP contribution is -2.14. The van der Waals surface area contributed by atoms with Gasteiger partial charge < -0.3 is 10.1 Å². The van der Waals surface area contributed by atoms with Crippen molar-refractivity contribution >= 4 is 28.9 Å². The fourth-order valence-electron chi connectivity index (χ4n) is 1.27. The Balaban J connectivity index is 2.99. The van der Waals surface area contributed by atoms with E-state index < -0.39 is 10.8 Å². The molecule has 0 heterocycles. The van der Waals surface area contributed by atoms with Crippen molar-refractivity contribution in [3.63, 3.8) is 0 Å². The smallest absolute Gasteiger partial charge is 0.293 e. The van der Waals surface area contributed by atoms with E-state index in [1.54, 1.807) is 0 Å². The van der Waals surface area contributed by atoms with E-state index in [4.69, 9.17) is 16.3 Å². The second-order valence-electron chi connectivity index (χ2n) is 3.47. The molecule has 0 saturated heterocycles. The van der Waals surface area contributed by atoms with Gasteiger partial charge >= 0.3 is 0 Å². The number of carbonyl (C=O) groups excluding carboxylic acids is 1. The molecule has 18 heavy (non-hydrogen) atoms. The van der Waals surface area contributed by atoms with Crippen molar-refractivity contribution in [1.29, 1.82) is 0 Å². The average molecular weight is 273 g/mol. The summed E-state index contributed by atoms with van der Waals surface area (Å²) in [6.45, 7) is 2.45. The number of halogens is 1. The molecule has 0 unspecified atom stereocenters. The summed E-state index contributed by atoms with van der Waals surface area (Å²) in [5.74, 6) is -0.309. The van der Waals surface area contributed by atoms with E-state index in [9.17, 15) is 14.9 Å². The van der Waals surface area contributed by atoms with Gasteiger partial charge in [0.25, 0.3) is 5.69 Å². The van der Waals surface area contributed by atoms with Crippen LogP contribution in [0.1, 0.15) is 13.3 Å². The van der Waals surface area contributed by atoms with Gasteiger partial charge in [-0.05, 0) is 12.5 Å². The highest BCUT2D eigenvalue weighted by atomic mass is 35.5. The summed E-state index contributed by atoms with van der Waals surface area (Å²) in [5, 5.41) is 13.2. The normalized spacial score (nSPS) is 9.89. The van der Waals surface area contributed by atoms with Gasteiger partial charge in [-0.3, -0.25) is 14.9 Å². The number of carbonyl (C=O) groups is 1. The fraction of sp³-hybridized carbons (Fsp3) is 0.364. The van der Waals surface area contributed by atoms with Crippen LogP contribution in [0.4, 0.5) is 11.4 Å². The van der Waals surface area contributed by atoms with E-state index in [2.05, 4.69) is 5.32 Å². The molecule has 0 bridgehead atoms. The topological polar surface area (TPSA) is 81.5 Å². The molecule has 0 fully saturated rings. The van der Waals surface area contributed by atoms with Crippen LogP contribution in [0.25, 0.3) is 0 Å². The summed E-state index contributed by atoms with van der Waals surface area (Å²) >= 11 is 5.34. The number of hydrogen-bond donors (Lipinski definition) is 1. The predicted octanol–water partition coefficient (Wildman–Crippen LogP) is 2.56. The number of nitrogens with zero attached hydrogens (tertiary/aromatic N) is 1. The Morgan fingerprint density at radius 3 is 2.83 bits per heavy atom. The summed E-state index contributed by atoms with van der Waals surface area (Å²) in [7, 11) is 0. The SMILES string of the molecule is CCCOc1ccc([N+](=O)[O-])c(NC(=O)CCl)c1. The lowest BCUT2D eigenvalue weighted by molar-refractivity contribution is -0.383. The van der Waals surface area contributed by atoms with Gasteiger partial charge in [-0.2, -0.15) is 0 Å². The predicted molar refractivity (Wildman–Crippen MR) is 68.2 cm³/mol. The molecular weight excluding hydrogens is 260 g/mol. The molecule has 1 aromatic rings. The fourth-order valence-corrected chi connectivity index (χ4v) is 1.33. The zero-order chi connectivity index (χ0) is 13.5. The molecule has 0 aliphatic heterocycles. The summed E-state index contributed by atoms with van der Waals surface area (Å²) in [5.41, 5.74) is -0.114. The van der Waals surface area contributed by atoms with E-state index in [-0.39, 0.29) is 17.3 Å². The van der Waals surface area contributed by atoms with Crippen LogP contribution < -0.4 is 10.1 Å². The Bertz CT molecular complexity index is 451. The molecule has 1 rings (SSSR count). The van der Waals surface area contributed by atoms with Gasteiger partial charge in [0.05, 0.1) is 11.5 Å². The van der Waals surface area contributed by atoms with E-state index in [1.165, 1.54) is 18.2 Å². The van der Waals surface area contributed by atoms with Crippen molar-refractivity contribution in [2.24, 2.45) is 0 Å². The van der Waals surface area contributed by atoms with E-state index in [0.29, 0.717) is 12.4 Å². The monoisotopic (exact) mass is 272 g/mol. The maximum absolute atomic E-state index is 11.2. The third-order valence-corrected chi connectivity index (χ3v) is 2.28. The quantitative estimate of drug-likeness (QED) is 0.490. The molecule has 0 radical (unpaired) electrons. The number of rotatable bonds is 6. The highest BCUT2D eigenvalue weighted by Gasteiger charge is 2.16. The highest BCUT2D eigenvalue weighted by Crippen LogP contribution is 2.29. The number of nitrogens with one attached hydrogen (secondary N) is 1. The molecule has 0 atom stereocenters. The van der Waals surface area contributed by atoms with Crippen molar-refractivity contribution in [3.8, 4) is 5.75 Å². The maximum Gasteiger partial charge on any atom is 0.293 e. The Morgan fingerprint density at radius 2 is 2.28 bits per heavy atom. The van der Waals surface area contributed by atoms with Crippen LogP contribution in [0, 0.1) is 10.1 Å². The molecule has 1 aromatic carbocycles. The number of ether oxygens (including phenoxy) is 1. The number of anilines is 1. The van der Waals surface area contributed by atoms with Crippen molar-refractivity contribution in [2.75, 3.05) is 17.8 Å². The van der Waals surface area contributed by atoms with Crippen molar-refractivity contribution in [2.45, 2.75) is 13.3 Å². The van der Waals surface area contributed by atoms with Crippen molar-refractivity contribution < 1.29 is 14.5 Å². The highest BCUT2D eigenvalue weighted by molar-refractivity contribution is 6.29. The van der Waals surface area contributed by atoms with E-state index in [1.807, 2.05) is 6.92 Å². The van der Waals surface area contributed by atoms with Gasteiger partial charge in [0.15, 0.2) is 0 Å². The zero-order valence-electron chi connectivity index (χ0n) is 9.81. The minimum atomic E-state index is -0.576. The third-order valence-electron chi connectivity index (χ3n) is 2.03. The van der Waals surface area contributed by atoms with Crippen LogP contribution in [0.2, 0.25) is 0 Å². The molecule has 0 aromatic heterocycles. The molecule has 0 aliphatic rings. The van der Waals surface area contributed by atoms with Gasteiger partial charge in [0, 0.05) is 12.1 Å². The number of benzene rings is 1. The Labute approximate surface area is 109 Å². The Kier molecular flexibility index (Phi) is 5.38. The molecule has 98 valence electrons. The van der Waals surface area contributed by atoms with Crippen LogP contribution in [-0.4, -0.2) is 23.3 Å². The summed E-state index contributed by atoms with van der Waals surface area (Å²) in [6.07, 6.45) is 0.820. The number of alkyl halides is 1. The maximum atomic E-state index is 11.2. The minimum Gasteiger partial charge on any atom is -0.494 e. The first-order valence-corrected chi connectivity index (χ1v) is 5.89. The standard InChI is InChI=1S/C11H13ClN2O4/c1-2-5-18-8-3-4-10(14(16)17)9(6-8)13-11(15)7-12/h3-4,6H,2,5,7H2,1H3,(H,13,15). The number of hydrogen-bond acceptors (Lipinski definition) is 4. The van der Waals surface area contributed by atoms with Gasteiger partial charge in [-0.1, -0.05) is 6.92 Å². The molecule has 1 N–H and O–H groups in total. The largest absolute Gasteiger partial charge is 0.494 e. The molecule has 0 spiro atoms. The van der Waals surface area contributed by atoms with E-state index in [0.717, 1.165) is 6.42 Å². The second-order valence-corrected chi connectivity index (χ2v) is 3.73. The molecule has 0 aliphatic carbocycles. The molecule has 7 heteroatoms. The average Bonchev–Trinajstić information content (AvgIpc) is 2.36. The van der Waals surface area contributed by atoms with Crippen LogP contribution in [0.5, 0.6) is 5.75 Å². The Morgan fingerprint density at radius 1 is 1.56 bits per heavy atom. The van der Waals surface area contributed by atoms with Gasteiger partial charge in [-0.15, -0.1) is 11.6 Å². The van der Waals surface area contributed by atoms with Gasteiger partial charge in [-0.25, -0.2) is 0 Å². The first-order valence-electron chi connectivity index (χ1n) is 5.35. The lowest BCUT2D eigenvalue weighted by atomic mass is 10.2. The number of nitro groups is 1. The summed E-state index contributed by atoms with van der Waals surface area (Å²) < 4.78 is 5.34. The van der Waals surface area contributed by atoms with E-state index >= 15 is 0 Å². The molecule has 1 amide bonds. The zero-order valence-corrected chi connectivity index (χ0v) is 10.6. The lowest BCUT2D eigenvalue weighted by Gasteiger charge is -2.08. The molecule has 0 saturated carbocycles. The number of amides is 1. The van der Waals surface area contributed by atoms with Crippen LogP contribution in [0.3, 0.4) is 0 Å². The molecule has 6 nitrogen and oxygen atoms in total. The van der Waals surface area contributed by atoms with Crippen molar-refractivity contribution in [1.82, 2.24) is 0 Å². The second kappa shape index (κ2) is 6.80. The van der Waals surface area contributed by atoms with Crippen LogP contribution in [-0.2, 0) is 4.79 Å². The van der Waals surface area contributed by atoms with Crippen LogP contribution in [0.15, 0.2) is 18.2 Å². The van der Waals surface area contributed by atoms with Gasteiger partial charge in [0.2, 0.25) is 5.91 Å². The first kappa shape index (κ1) is 14.2. The number of nitro benzene ring substituents is 1.